The van der Waals surface area contributed by atoms with Gasteiger partial charge in [0.1, 0.15) is 5.75 Å². The molecule has 3 nitrogen and oxygen atoms in total. The van der Waals surface area contributed by atoms with Crippen LogP contribution in [0.4, 0.5) is 0 Å². The van der Waals surface area contributed by atoms with Gasteiger partial charge in [-0.2, -0.15) is 0 Å². The van der Waals surface area contributed by atoms with Crippen molar-refractivity contribution >= 4 is 33.4 Å². The third kappa shape index (κ3) is 2.58. The van der Waals surface area contributed by atoms with Crippen molar-refractivity contribution in [3.63, 3.8) is 0 Å². The second-order valence-corrected chi connectivity index (χ2v) is 5.57. The summed E-state index contributed by atoms with van der Waals surface area (Å²) in [6.45, 7) is 0. The topological polar surface area (TPSA) is 49.3 Å². The van der Waals surface area contributed by atoms with Gasteiger partial charge in [-0.25, -0.2) is 0 Å². The van der Waals surface area contributed by atoms with Crippen LogP contribution in [-0.4, -0.2) is 22.4 Å². The lowest BCUT2D eigenvalue weighted by molar-refractivity contribution is 0.0851. The number of phenolic OH excluding ortho intramolecular Hbond substituents is 1. The third-order valence-electron chi connectivity index (χ3n) is 3.15. The molecular weight excluding hydrogens is 305 g/mol. The summed E-state index contributed by atoms with van der Waals surface area (Å²) >= 11 is 9.10. The number of phenols is 1. The van der Waals surface area contributed by atoms with E-state index in [4.69, 9.17) is 11.6 Å². The van der Waals surface area contributed by atoms with Crippen LogP contribution in [0.3, 0.4) is 0 Å². The zero-order chi connectivity index (χ0) is 12.5. The van der Waals surface area contributed by atoms with Gasteiger partial charge in [-0.1, -0.05) is 15.9 Å². The number of carbonyl (C=O) groups is 1. The van der Waals surface area contributed by atoms with Gasteiger partial charge in [0.25, 0.3) is 5.91 Å². The number of amides is 1. The van der Waals surface area contributed by atoms with Crippen molar-refractivity contribution < 1.29 is 9.90 Å². The van der Waals surface area contributed by atoms with Crippen molar-refractivity contribution in [3.8, 4) is 5.75 Å². The van der Waals surface area contributed by atoms with Gasteiger partial charge in [0, 0.05) is 10.4 Å². The number of rotatable bonds is 3. The van der Waals surface area contributed by atoms with Gasteiger partial charge in [0.05, 0.1) is 11.1 Å². The summed E-state index contributed by atoms with van der Waals surface area (Å²) in [6, 6.07) is 4.82. The number of alkyl halides is 1. The average molecular weight is 319 g/mol. The van der Waals surface area contributed by atoms with Gasteiger partial charge in [0.15, 0.2) is 0 Å². The maximum Gasteiger partial charge on any atom is 0.255 e. The molecular formula is C12H13BrClNO2. The summed E-state index contributed by atoms with van der Waals surface area (Å²) in [7, 11) is 0. The van der Waals surface area contributed by atoms with Crippen LogP contribution >= 0.6 is 27.5 Å². The second-order valence-electron chi connectivity index (χ2n) is 4.38. The number of carbonyl (C=O) groups excluding carboxylic acids is 1. The number of aromatic hydroxyl groups is 1. The Bertz CT molecular complexity index is 441. The largest absolute Gasteiger partial charge is 0.507 e. The van der Waals surface area contributed by atoms with Gasteiger partial charge in [-0.15, -0.1) is 11.6 Å². The Kier molecular flexibility index (Phi) is 3.64. The highest BCUT2D eigenvalue weighted by atomic mass is 79.9. The fraction of sp³-hybridized carbons (Fsp3) is 0.417. The maximum absolute atomic E-state index is 12.0. The first kappa shape index (κ1) is 12.7. The summed E-state index contributed by atoms with van der Waals surface area (Å²) in [5.41, 5.74) is 0.00242. The molecule has 0 saturated heterocycles. The molecule has 0 unspecified atom stereocenters. The standard InChI is InChI=1S/C12H13BrClNO2/c13-8-2-3-9(10(16)6-8)11(17)15-12(7-14)4-1-5-12/h2-3,6,16H,1,4-5,7H2,(H,15,17). The van der Waals surface area contributed by atoms with Crippen molar-refractivity contribution in [1.82, 2.24) is 5.32 Å². The number of nitrogens with one attached hydrogen (secondary N) is 1. The highest BCUT2D eigenvalue weighted by Gasteiger charge is 2.37. The lowest BCUT2D eigenvalue weighted by atomic mass is 9.78. The van der Waals surface area contributed by atoms with Gasteiger partial charge < -0.3 is 10.4 Å². The Hall–Kier alpha value is -0.740. The molecule has 1 fully saturated rings. The van der Waals surface area contributed by atoms with E-state index in [2.05, 4.69) is 21.2 Å². The molecule has 1 aromatic rings. The molecule has 1 amide bonds. The van der Waals surface area contributed by atoms with Gasteiger partial charge in [-0.05, 0) is 37.5 Å². The molecule has 5 heteroatoms. The Labute approximate surface area is 113 Å². The highest BCUT2D eigenvalue weighted by Crippen LogP contribution is 2.33. The number of hydrogen-bond donors (Lipinski definition) is 2. The summed E-state index contributed by atoms with van der Waals surface area (Å²) < 4.78 is 0.738. The fourth-order valence-electron chi connectivity index (χ4n) is 1.90. The van der Waals surface area contributed by atoms with Crippen LogP contribution in [0.5, 0.6) is 5.75 Å². The SMILES string of the molecule is O=C(NC1(CCl)CCC1)c1ccc(Br)cc1O. The normalized spacial score (nSPS) is 17.3. The molecule has 17 heavy (non-hydrogen) atoms. The van der Waals surface area contributed by atoms with Crippen molar-refractivity contribution in [2.45, 2.75) is 24.8 Å². The van der Waals surface area contributed by atoms with Crippen molar-refractivity contribution in [1.29, 1.82) is 0 Å². The first-order valence-corrected chi connectivity index (χ1v) is 6.76. The predicted molar refractivity (Wildman–Crippen MR) is 70.6 cm³/mol. The summed E-state index contributed by atoms with van der Waals surface area (Å²) in [6.07, 6.45) is 2.89. The molecule has 0 aliphatic heterocycles. The molecule has 92 valence electrons. The van der Waals surface area contributed by atoms with E-state index in [1.54, 1.807) is 12.1 Å². The molecule has 0 heterocycles. The first-order valence-electron chi connectivity index (χ1n) is 5.43. The molecule has 1 saturated carbocycles. The molecule has 0 spiro atoms. The van der Waals surface area contributed by atoms with E-state index in [0.29, 0.717) is 5.88 Å². The second kappa shape index (κ2) is 4.86. The molecule has 0 bridgehead atoms. The smallest absolute Gasteiger partial charge is 0.255 e. The number of benzene rings is 1. The first-order chi connectivity index (χ1) is 8.06. The van der Waals surface area contributed by atoms with E-state index >= 15 is 0 Å². The molecule has 0 aromatic heterocycles. The number of hydrogen-bond acceptors (Lipinski definition) is 2. The summed E-state index contributed by atoms with van der Waals surface area (Å²) in [5.74, 6) is 0.118. The molecule has 2 N–H and O–H groups in total. The minimum atomic E-state index is -0.280. The monoisotopic (exact) mass is 317 g/mol. The molecule has 1 aromatic carbocycles. The minimum absolute atomic E-state index is 0.0269. The summed E-state index contributed by atoms with van der Waals surface area (Å²) in [4.78, 5) is 12.0. The summed E-state index contributed by atoms with van der Waals surface area (Å²) in [5, 5.41) is 12.6. The third-order valence-corrected chi connectivity index (χ3v) is 4.15. The zero-order valence-electron chi connectivity index (χ0n) is 9.17. The Balaban J connectivity index is 2.14. The van der Waals surface area contributed by atoms with Crippen molar-refractivity contribution in [2.75, 3.05) is 5.88 Å². The lowest BCUT2D eigenvalue weighted by Crippen LogP contribution is -2.55. The van der Waals surface area contributed by atoms with Crippen LogP contribution in [0.15, 0.2) is 22.7 Å². The van der Waals surface area contributed by atoms with E-state index in [1.807, 2.05) is 0 Å². The molecule has 0 atom stereocenters. The highest BCUT2D eigenvalue weighted by molar-refractivity contribution is 9.10. The Morgan fingerprint density at radius 3 is 2.71 bits per heavy atom. The molecule has 2 rings (SSSR count). The molecule has 0 radical (unpaired) electrons. The van der Waals surface area contributed by atoms with E-state index in [0.717, 1.165) is 23.7 Å². The van der Waals surface area contributed by atoms with E-state index in [-0.39, 0.29) is 22.8 Å². The van der Waals surface area contributed by atoms with Crippen LogP contribution in [0.1, 0.15) is 29.6 Å². The average Bonchev–Trinajstić information content (AvgIpc) is 2.23. The lowest BCUT2D eigenvalue weighted by Gasteiger charge is -2.41. The maximum atomic E-state index is 12.0. The van der Waals surface area contributed by atoms with E-state index in [9.17, 15) is 9.90 Å². The van der Waals surface area contributed by atoms with Crippen molar-refractivity contribution in [2.24, 2.45) is 0 Å². The number of halogens is 2. The van der Waals surface area contributed by atoms with E-state index < -0.39 is 0 Å². The Morgan fingerprint density at radius 1 is 1.53 bits per heavy atom. The molecule has 1 aliphatic carbocycles. The van der Waals surface area contributed by atoms with Gasteiger partial charge in [0.2, 0.25) is 0 Å². The fourth-order valence-corrected chi connectivity index (χ4v) is 2.58. The van der Waals surface area contributed by atoms with Crippen LogP contribution in [-0.2, 0) is 0 Å². The quantitative estimate of drug-likeness (QED) is 0.842. The van der Waals surface area contributed by atoms with Crippen LogP contribution < -0.4 is 5.32 Å². The Morgan fingerprint density at radius 2 is 2.24 bits per heavy atom. The molecule has 1 aliphatic rings. The van der Waals surface area contributed by atoms with Crippen LogP contribution in [0, 0.1) is 0 Å². The van der Waals surface area contributed by atoms with Crippen molar-refractivity contribution in [3.05, 3.63) is 28.2 Å². The van der Waals surface area contributed by atoms with Gasteiger partial charge >= 0.3 is 0 Å². The van der Waals surface area contributed by atoms with E-state index in [1.165, 1.54) is 6.07 Å². The zero-order valence-corrected chi connectivity index (χ0v) is 11.5. The predicted octanol–water partition coefficient (Wildman–Crippen LogP) is 3.05. The van der Waals surface area contributed by atoms with Gasteiger partial charge in [-0.3, -0.25) is 4.79 Å². The minimum Gasteiger partial charge on any atom is -0.507 e. The van der Waals surface area contributed by atoms with Crippen LogP contribution in [0.2, 0.25) is 0 Å². The van der Waals surface area contributed by atoms with Crippen LogP contribution in [0.25, 0.3) is 0 Å².